The van der Waals surface area contributed by atoms with Gasteiger partial charge in [-0.3, -0.25) is 4.79 Å². The van der Waals surface area contributed by atoms with Crippen LogP contribution < -0.4 is 5.32 Å². The van der Waals surface area contributed by atoms with Crippen molar-refractivity contribution in [3.8, 4) is 0 Å². The molecule has 0 aromatic carbocycles. The van der Waals surface area contributed by atoms with E-state index in [9.17, 15) is 25.2 Å². The lowest BCUT2D eigenvalue weighted by molar-refractivity contribution is -0.132. The fraction of sp³-hybridized carbons (Fsp3) is 0.891. The van der Waals surface area contributed by atoms with Gasteiger partial charge in [-0.1, -0.05) is 301 Å². The lowest BCUT2D eigenvalue weighted by Crippen LogP contribution is -2.53. The maximum absolute atomic E-state index is 12.6. The minimum Gasteiger partial charge on any atom is -0.394 e. The number of nitrogens with one attached hydrogen (secondary N) is 1. The second-order valence-electron chi connectivity index (χ2n) is 21.7. The number of hydrogen-bond acceptors (Lipinski definition) is 5. The zero-order valence-corrected chi connectivity index (χ0v) is 47.0. The predicted octanol–water partition coefficient (Wildman–Crippen LogP) is 18.8. The molecule has 0 spiro atoms. The molecule has 0 saturated heterocycles. The van der Waals surface area contributed by atoms with E-state index >= 15 is 0 Å². The number of aliphatic hydroxyl groups excluding tert-OH is 4. The third-order valence-corrected chi connectivity index (χ3v) is 14.8. The molecule has 0 fully saturated rings. The summed E-state index contributed by atoms with van der Waals surface area (Å²) in [5.41, 5.74) is 0. The molecule has 0 heterocycles. The van der Waals surface area contributed by atoms with Crippen molar-refractivity contribution in [2.24, 2.45) is 0 Å². The molecule has 0 saturated carbocycles. The first kappa shape index (κ1) is 68.5. The van der Waals surface area contributed by atoms with Crippen LogP contribution in [0.3, 0.4) is 0 Å². The van der Waals surface area contributed by atoms with Gasteiger partial charge in [-0.25, -0.2) is 0 Å². The molecule has 70 heavy (non-hydrogen) atoms. The summed E-state index contributed by atoms with van der Waals surface area (Å²) in [6.45, 7) is 4.08. The van der Waals surface area contributed by atoms with Gasteiger partial charge in [-0.15, -0.1) is 0 Å². The van der Waals surface area contributed by atoms with Crippen LogP contribution in [0.2, 0.25) is 0 Å². The summed E-state index contributed by atoms with van der Waals surface area (Å²) < 4.78 is 0. The minimum atomic E-state index is -1.28. The Bertz CT molecular complexity index is 1110. The summed E-state index contributed by atoms with van der Waals surface area (Å²) in [5.74, 6) is -0.592. The topological polar surface area (TPSA) is 110 Å². The molecule has 0 aliphatic rings. The van der Waals surface area contributed by atoms with Crippen molar-refractivity contribution in [1.82, 2.24) is 5.32 Å². The van der Waals surface area contributed by atoms with Gasteiger partial charge < -0.3 is 25.7 Å². The summed E-state index contributed by atoms with van der Waals surface area (Å²) in [4.78, 5) is 12.6. The zero-order valence-electron chi connectivity index (χ0n) is 47.0. The largest absolute Gasteiger partial charge is 0.394 e. The van der Waals surface area contributed by atoms with E-state index in [-0.39, 0.29) is 0 Å². The van der Waals surface area contributed by atoms with Crippen LogP contribution in [0.15, 0.2) is 36.5 Å². The van der Waals surface area contributed by atoms with Gasteiger partial charge in [0.25, 0.3) is 0 Å². The van der Waals surface area contributed by atoms with Gasteiger partial charge >= 0.3 is 0 Å². The third kappa shape index (κ3) is 51.4. The Morgan fingerprint density at radius 3 is 0.943 bits per heavy atom. The number of carbonyl (C=O) groups is 1. The molecular weight excluding hydrogens is 863 g/mol. The molecule has 5 N–H and O–H groups in total. The monoisotopic (exact) mass is 986 g/mol. The zero-order chi connectivity index (χ0) is 50.9. The van der Waals surface area contributed by atoms with Crippen LogP contribution in [0.4, 0.5) is 0 Å². The Kier molecular flexibility index (Phi) is 57.2. The van der Waals surface area contributed by atoms with Crippen molar-refractivity contribution in [2.75, 3.05) is 6.61 Å². The van der Waals surface area contributed by atoms with Crippen molar-refractivity contribution in [1.29, 1.82) is 0 Å². The molecule has 6 heteroatoms. The predicted molar refractivity (Wildman–Crippen MR) is 307 cm³/mol. The fourth-order valence-electron chi connectivity index (χ4n) is 9.91. The van der Waals surface area contributed by atoms with E-state index in [4.69, 9.17) is 0 Å². The molecule has 4 atom stereocenters. The molecule has 0 aliphatic carbocycles. The second-order valence-corrected chi connectivity index (χ2v) is 21.7. The number of hydrogen-bond donors (Lipinski definition) is 5. The van der Waals surface area contributed by atoms with Crippen molar-refractivity contribution in [2.45, 2.75) is 359 Å². The van der Waals surface area contributed by atoms with Gasteiger partial charge in [-0.2, -0.15) is 0 Å². The molecule has 4 unspecified atom stereocenters. The first-order valence-corrected chi connectivity index (χ1v) is 31.4. The van der Waals surface area contributed by atoms with E-state index in [2.05, 4.69) is 55.6 Å². The van der Waals surface area contributed by atoms with Crippen LogP contribution in [0.5, 0.6) is 0 Å². The highest BCUT2D eigenvalue weighted by atomic mass is 16.3. The van der Waals surface area contributed by atoms with Gasteiger partial charge in [0.1, 0.15) is 12.2 Å². The Morgan fingerprint density at radius 2 is 0.629 bits per heavy atom. The summed E-state index contributed by atoms with van der Waals surface area (Å²) >= 11 is 0. The van der Waals surface area contributed by atoms with Crippen LogP contribution in [0, 0.1) is 0 Å². The summed E-state index contributed by atoms with van der Waals surface area (Å²) in [7, 11) is 0. The van der Waals surface area contributed by atoms with Crippen molar-refractivity contribution >= 4 is 5.91 Å². The van der Waals surface area contributed by atoms with Gasteiger partial charge in [0, 0.05) is 0 Å². The van der Waals surface area contributed by atoms with Gasteiger partial charge in [0.15, 0.2) is 0 Å². The third-order valence-electron chi connectivity index (χ3n) is 14.8. The number of carbonyl (C=O) groups excluding carboxylic acids is 1. The molecule has 0 bridgehead atoms. The van der Waals surface area contributed by atoms with Gasteiger partial charge in [0.2, 0.25) is 5.91 Å². The first-order chi connectivity index (χ1) is 34.5. The highest BCUT2D eigenvalue weighted by Gasteiger charge is 2.28. The van der Waals surface area contributed by atoms with E-state index in [1.54, 1.807) is 0 Å². The maximum atomic E-state index is 12.6. The fourth-order valence-corrected chi connectivity index (χ4v) is 9.91. The lowest BCUT2D eigenvalue weighted by atomic mass is 10.00. The molecule has 6 nitrogen and oxygen atoms in total. The summed E-state index contributed by atoms with van der Waals surface area (Å²) in [5, 5.41) is 44.1. The number of unbranched alkanes of at least 4 members (excludes halogenated alkanes) is 43. The average molecular weight is 987 g/mol. The Balaban J connectivity index is 3.63. The number of amides is 1. The summed E-state index contributed by atoms with van der Waals surface area (Å²) in [6, 6.07) is -1.01. The molecule has 0 aromatic rings. The standard InChI is InChI=1S/C64H123NO5/c1-3-5-7-9-11-13-15-17-19-21-23-25-27-29-31-32-34-35-37-39-41-43-45-47-49-51-53-55-57-61(67)63(69)60(59-66)65-64(70)62(68)58-56-54-52-50-48-46-44-42-40-38-36-33-30-28-26-24-22-20-18-16-14-12-10-8-6-4-2/h24,26,30,33,49,51,60-63,66-69H,3-23,25,27-29,31-32,34-48,50,52-59H2,1-2H3,(H,65,70)/b26-24-,33-30-,51-49+. The summed E-state index contributed by atoms with van der Waals surface area (Å²) in [6.07, 6.45) is 73.8. The van der Waals surface area contributed by atoms with E-state index in [1.165, 1.54) is 263 Å². The molecule has 0 rings (SSSR count). The molecule has 0 radical (unpaired) electrons. The van der Waals surface area contributed by atoms with E-state index < -0.39 is 36.9 Å². The van der Waals surface area contributed by atoms with Crippen LogP contribution in [0.25, 0.3) is 0 Å². The van der Waals surface area contributed by atoms with E-state index in [0.717, 1.165) is 44.9 Å². The average Bonchev–Trinajstić information content (AvgIpc) is 3.36. The Labute approximate surface area is 437 Å². The molecule has 0 aliphatic heterocycles. The smallest absolute Gasteiger partial charge is 0.249 e. The quantitative estimate of drug-likeness (QED) is 0.0308. The number of rotatable bonds is 58. The van der Waals surface area contributed by atoms with Crippen molar-refractivity contribution in [3.05, 3.63) is 36.5 Å². The SMILES string of the molecule is CCCCCCCCCCC/C=C\C/C=C\CCCCCCCCCCCCC(O)C(=O)NC(CO)C(O)C(O)CCC/C=C/CCCCCCCCCCCCCCCCCCCCCCCCC. The molecule has 0 aromatic heterocycles. The second kappa shape index (κ2) is 58.4. The lowest BCUT2D eigenvalue weighted by Gasteiger charge is -2.27. The van der Waals surface area contributed by atoms with Gasteiger partial charge in [0.05, 0.1) is 18.8 Å². The minimum absolute atomic E-state index is 0.360. The van der Waals surface area contributed by atoms with Gasteiger partial charge in [-0.05, 0) is 70.6 Å². The highest BCUT2D eigenvalue weighted by molar-refractivity contribution is 5.80. The Morgan fingerprint density at radius 1 is 0.357 bits per heavy atom. The normalized spacial score (nSPS) is 13.9. The number of aliphatic hydroxyl groups is 4. The maximum Gasteiger partial charge on any atom is 0.249 e. The first-order valence-electron chi connectivity index (χ1n) is 31.4. The van der Waals surface area contributed by atoms with Crippen molar-refractivity contribution < 1.29 is 25.2 Å². The number of allylic oxidation sites excluding steroid dienone is 6. The van der Waals surface area contributed by atoms with E-state index in [1.807, 2.05) is 0 Å². The Hall–Kier alpha value is -1.47. The van der Waals surface area contributed by atoms with Crippen LogP contribution in [0.1, 0.15) is 335 Å². The highest BCUT2D eigenvalue weighted by Crippen LogP contribution is 2.18. The van der Waals surface area contributed by atoms with Crippen molar-refractivity contribution in [3.63, 3.8) is 0 Å². The molecule has 1 amide bonds. The van der Waals surface area contributed by atoms with Crippen LogP contribution >= 0.6 is 0 Å². The van der Waals surface area contributed by atoms with E-state index in [0.29, 0.717) is 12.8 Å². The molecular formula is C64H123NO5. The van der Waals surface area contributed by atoms with Crippen LogP contribution in [-0.4, -0.2) is 57.3 Å². The molecule has 414 valence electrons. The van der Waals surface area contributed by atoms with Crippen LogP contribution in [-0.2, 0) is 4.79 Å².